The average Bonchev–Trinajstić information content (AvgIpc) is 2.29. The van der Waals surface area contributed by atoms with Gasteiger partial charge in [0.15, 0.2) is 0 Å². The Hall–Kier alpha value is -1.19. The van der Waals surface area contributed by atoms with Gasteiger partial charge in [0.2, 0.25) is 0 Å². The smallest absolute Gasteiger partial charge is 0.0563 e. The molecule has 0 saturated carbocycles. The summed E-state index contributed by atoms with van der Waals surface area (Å²) >= 11 is 3.55. The van der Waals surface area contributed by atoms with E-state index in [2.05, 4.69) is 46.0 Å². The number of aryl methyl sites for hydroxylation is 1. The Labute approximate surface area is 104 Å². The molecule has 82 valence electrons. The van der Waals surface area contributed by atoms with Gasteiger partial charge in [-0.2, -0.15) is 0 Å². The first-order chi connectivity index (χ1) is 7.68. The van der Waals surface area contributed by atoms with E-state index in [1.807, 2.05) is 12.1 Å². The predicted octanol–water partition coefficient (Wildman–Crippen LogP) is 3.20. The van der Waals surface area contributed by atoms with Gasteiger partial charge in [-0.25, -0.2) is 0 Å². The fourth-order valence-corrected chi connectivity index (χ4v) is 2.37. The predicted molar refractivity (Wildman–Crippen MR) is 69.1 cm³/mol. The first-order valence-corrected chi connectivity index (χ1v) is 5.89. The highest BCUT2D eigenvalue weighted by Gasteiger charge is 2.11. The van der Waals surface area contributed by atoms with Crippen LogP contribution in [0, 0.1) is 6.92 Å². The minimum atomic E-state index is -0.113. The zero-order valence-electron chi connectivity index (χ0n) is 9.02. The number of nitrogens with zero attached hydrogens (tertiary/aromatic N) is 1. The molecular weight excluding hydrogens is 264 g/mol. The quantitative estimate of drug-likeness (QED) is 0.915. The number of hydrogen-bond donors (Lipinski definition) is 1. The molecule has 0 fully saturated rings. The van der Waals surface area contributed by atoms with Gasteiger partial charge in [-0.05, 0) is 41.8 Å². The van der Waals surface area contributed by atoms with E-state index in [9.17, 15) is 0 Å². The normalized spacial score (nSPS) is 12.4. The Morgan fingerprint density at radius 3 is 2.50 bits per heavy atom. The first-order valence-electron chi connectivity index (χ1n) is 5.10. The second-order valence-corrected chi connectivity index (χ2v) is 4.64. The molecule has 0 spiro atoms. The van der Waals surface area contributed by atoms with E-state index in [1.165, 1.54) is 5.56 Å². The van der Waals surface area contributed by atoms with Gasteiger partial charge in [-0.15, -0.1) is 0 Å². The lowest BCUT2D eigenvalue weighted by atomic mass is 10.00. The molecule has 1 unspecified atom stereocenters. The summed E-state index contributed by atoms with van der Waals surface area (Å²) < 4.78 is 1.05. The van der Waals surface area contributed by atoms with Gasteiger partial charge in [0.1, 0.15) is 0 Å². The SMILES string of the molecule is Cc1ccc(C(N)c2ccncc2)c(Br)c1. The zero-order valence-corrected chi connectivity index (χ0v) is 10.6. The van der Waals surface area contributed by atoms with Crippen LogP contribution in [0.25, 0.3) is 0 Å². The summed E-state index contributed by atoms with van der Waals surface area (Å²) in [6.45, 7) is 2.06. The minimum Gasteiger partial charge on any atom is -0.320 e. The van der Waals surface area contributed by atoms with Crippen molar-refractivity contribution >= 4 is 15.9 Å². The number of hydrogen-bond acceptors (Lipinski definition) is 2. The summed E-state index contributed by atoms with van der Waals surface area (Å²) in [6, 6.07) is 9.98. The Morgan fingerprint density at radius 2 is 1.88 bits per heavy atom. The highest BCUT2D eigenvalue weighted by Crippen LogP contribution is 2.27. The van der Waals surface area contributed by atoms with Crippen molar-refractivity contribution in [3.63, 3.8) is 0 Å². The molecule has 2 aromatic rings. The van der Waals surface area contributed by atoms with Crippen molar-refractivity contribution in [2.45, 2.75) is 13.0 Å². The molecule has 1 aromatic heterocycles. The molecule has 3 heteroatoms. The van der Waals surface area contributed by atoms with Crippen molar-refractivity contribution in [3.05, 3.63) is 63.9 Å². The second-order valence-electron chi connectivity index (χ2n) is 3.78. The van der Waals surface area contributed by atoms with Crippen molar-refractivity contribution in [2.75, 3.05) is 0 Å². The summed E-state index contributed by atoms with van der Waals surface area (Å²) in [5.41, 5.74) is 9.59. The Balaban J connectivity index is 2.38. The van der Waals surface area contributed by atoms with Crippen LogP contribution >= 0.6 is 15.9 Å². The lowest BCUT2D eigenvalue weighted by Gasteiger charge is -2.14. The van der Waals surface area contributed by atoms with Crippen LogP contribution in [0.5, 0.6) is 0 Å². The van der Waals surface area contributed by atoms with Gasteiger partial charge in [0.05, 0.1) is 6.04 Å². The van der Waals surface area contributed by atoms with Crippen LogP contribution in [-0.4, -0.2) is 4.98 Å². The van der Waals surface area contributed by atoms with Gasteiger partial charge < -0.3 is 5.73 Å². The lowest BCUT2D eigenvalue weighted by Crippen LogP contribution is -2.12. The standard InChI is InChI=1S/C13H13BrN2/c1-9-2-3-11(12(14)8-9)13(15)10-4-6-16-7-5-10/h2-8,13H,15H2,1H3. The monoisotopic (exact) mass is 276 g/mol. The zero-order chi connectivity index (χ0) is 11.5. The largest absolute Gasteiger partial charge is 0.320 e. The maximum Gasteiger partial charge on any atom is 0.0563 e. The molecule has 0 amide bonds. The van der Waals surface area contributed by atoms with Crippen LogP contribution < -0.4 is 5.73 Å². The van der Waals surface area contributed by atoms with Crippen LogP contribution in [0.15, 0.2) is 47.2 Å². The van der Waals surface area contributed by atoms with Crippen molar-refractivity contribution in [1.29, 1.82) is 0 Å². The summed E-state index contributed by atoms with van der Waals surface area (Å²) in [6.07, 6.45) is 3.52. The number of halogens is 1. The van der Waals surface area contributed by atoms with E-state index in [-0.39, 0.29) is 6.04 Å². The van der Waals surface area contributed by atoms with Gasteiger partial charge >= 0.3 is 0 Å². The molecule has 1 aromatic carbocycles. The molecule has 0 radical (unpaired) electrons. The van der Waals surface area contributed by atoms with Gasteiger partial charge in [-0.1, -0.05) is 28.1 Å². The van der Waals surface area contributed by atoms with E-state index < -0.39 is 0 Å². The highest BCUT2D eigenvalue weighted by atomic mass is 79.9. The van der Waals surface area contributed by atoms with Crippen LogP contribution in [0.1, 0.15) is 22.7 Å². The fraction of sp³-hybridized carbons (Fsp3) is 0.154. The summed E-state index contributed by atoms with van der Waals surface area (Å²) in [5, 5.41) is 0. The highest BCUT2D eigenvalue weighted by molar-refractivity contribution is 9.10. The van der Waals surface area contributed by atoms with E-state index in [4.69, 9.17) is 5.73 Å². The van der Waals surface area contributed by atoms with Crippen molar-refractivity contribution in [2.24, 2.45) is 5.73 Å². The lowest BCUT2D eigenvalue weighted by molar-refractivity contribution is 0.861. The molecule has 0 aliphatic heterocycles. The molecule has 0 saturated heterocycles. The number of nitrogens with two attached hydrogens (primary N) is 1. The third-order valence-electron chi connectivity index (χ3n) is 2.56. The van der Waals surface area contributed by atoms with E-state index in [0.29, 0.717) is 0 Å². The molecule has 2 N–H and O–H groups in total. The molecular formula is C13H13BrN2. The molecule has 0 aliphatic rings. The van der Waals surface area contributed by atoms with Crippen molar-refractivity contribution in [1.82, 2.24) is 4.98 Å². The van der Waals surface area contributed by atoms with Crippen molar-refractivity contribution in [3.8, 4) is 0 Å². The topological polar surface area (TPSA) is 38.9 Å². The maximum absolute atomic E-state index is 6.21. The second kappa shape index (κ2) is 4.76. The van der Waals surface area contributed by atoms with E-state index in [1.54, 1.807) is 12.4 Å². The molecule has 2 nitrogen and oxygen atoms in total. The molecule has 2 rings (SSSR count). The minimum absolute atomic E-state index is 0.113. The fourth-order valence-electron chi connectivity index (χ4n) is 1.63. The van der Waals surface area contributed by atoms with Crippen molar-refractivity contribution < 1.29 is 0 Å². The Kier molecular flexibility index (Phi) is 3.36. The van der Waals surface area contributed by atoms with Gasteiger partial charge in [-0.3, -0.25) is 4.98 Å². The third kappa shape index (κ3) is 2.31. The summed E-state index contributed by atoms with van der Waals surface area (Å²) in [7, 11) is 0. The Bertz CT molecular complexity index is 483. The number of pyridine rings is 1. The van der Waals surface area contributed by atoms with Crippen LogP contribution in [0.4, 0.5) is 0 Å². The van der Waals surface area contributed by atoms with Gasteiger partial charge in [0.25, 0.3) is 0 Å². The van der Waals surface area contributed by atoms with Crippen LogP contribution in [0.3, 0.4) is 0 Å². The van der Waals surface area contributed by atoms with Crippen LogP contribution in [-0.2, 0) is 0 Å². The van der Waals surface area contributed by atoms with E-state index >= 15 is 0 Å². The molecule has 0 aliphatic carbocycles. The van der Waals surface area contributed by atoms with Crippen LogP contribution in [0.2, 0.25) is 0 Å². The molecule has 1 heterocycles. The average molecular weight is 277 g/mol. The third-order valence-corrected chi connectivity index (χ3v) is 3.24. The molecule has 16 heavy (non-hydrogen) atoms. The number of aromatic nitrogens is 1. The Morgan fingerprint density at radius 1 is 1.19 bits per heavy atom. The maximum atomic E-state index is 6.21. The molecule has 1 atom stereocenters. The first kappa shape index (κ1) is 11.3. The van der Waals surface area contributed by atoms with E-state index in [0.717, 1.165) is 15.6 Å². The number of rotatable bonds is 2. The molecule has 0 bridgehead atoms. The number of benzene rings is 1. The van der Waals surface area contributed by atoms with Gasteiger partial charge in [0, 0.05) is 16.9 Å². The summed E-state index contributed by atoms with van der Waals surface area (Å²) in [5.74, 6) is 0. The summed E-state index contributed by atoms with van der Waals surface area (Å²) in [4.78, 5) is 3.99.